The van der Waals surface area contributed by atoms with Crippen molar-refractivity contribution in [1.82, 2.24) is 10.2 Å². The maximum absolute atomic E-state index is 11.3. The van der Waals surface area contributed by atoms with Crippen LogP contribution in [-0.4, -0.2) is 22.8 Å². The molecule has 1 N–H and O–H groups in total. The number of benzene rings is 1. The number of aromatic amines is 1. The van der Waals surface area contributed by atoms with Crippen LogP contribution < -0.4 is 0 Å². The minimum Gasteiger partial charge on any atom is -0.466 e. The second-order valence-electron chi connectivity index (χ2n) is 3.94. The molecule has 4 nitrogen and oxygen atoms in total. The first-order chi connectivity index (χ1) is 8.81. The lowest BCUT2D eigenvalue weighted by atomic mass is 10.0. The largest absolute Gasteiger partial charge is 0.466 e. The number of rotatable bonds is 5. The van der Waals surface area contributed by atoms with Crippen LogP contribution in [0.5, 0.6) is 0 Å². The molecule has 2 aromatic rings. The molecule has 4 heteroatoms. The van der Waals surface area contributed by atoms with Gasteiger partial charge in [0.1, 0.15) is 0 Å². The molecule has 0 saturated carbocycles. The van der Waals surface area contributed by atoms with Crippen molar-refractivity contribution < 1.29 is 9.53 Å². The van der Waals surface area contributed by atoms with E-state index in [1.807, 2.05) is 37.3 Å². The van der Waals surface area contributed by atoms with Crippen LogP contribution in [0.1, 0.15) is 18.9 Å². The van der Waals surface area contributed by atoms with E-state index in [4.69, 9.17) is 4.74 Å². The molecule has 0 spiro atoms. The first-order valence-electron chi connectivity index (χ1n) is 6.04. The van der Waals surface area contributed by atoms with Crippen molar-refractivity contribution in [2.24, 2.45) is 0 Å². The number of ether oxygens (including phenoxy) is 1. The van der Waals surface area contributed by atoms with Gasteiger partial charge >= 0.3 is 5.97 Å². The summed E-state index contributed by atoms with van der Waals surface area (Å²) in [7, 11) is 0. The Kier molecular flexibility index (Phi) is 4.12. The molecule has 0 unspecified atom stereocenters. The van der Waals surface area contributed by atoms with Crippen LogP contribution in [0.25, 0.3) is 11.3 Å². The number of carbonyl (C=O) groups is 1. The van der Waals surface area contributed by atoms with Gasteiger partial charge in [-0.3, -0.25) is 9.89 Å². The summed E-state index contributed by atoms with van der Waals surface area (Å²) in [5.74, 6) is -0.169. The topological polar surface area (TPSA) is 55.0 Å². The van der Waals surface area contributed by atoms with E-state index >= 15 is 0 Å². The molecule has 0 fully saturated rings. The third-order valence-corrected chi connectivity index (χ3v) is 2.68. The fraction of sp³-hybridized carbons (Fsp3) is 0.286. The van der Waals surface area contributed by atoms with Gasteiger partial charge in [0.25, 0.3) is 0 Å². The van der Waals surface area contributed by atoms with Crippen LogP contribution >= 0.6 is 0 Å². The molecule has 0 atom stereocenters. The lowest BCUT2D eigenvalue weighted by Gasteiger charge is -2.03. The number of nitrogens with zero attached hydrogens (tertiary/aromatic N) is 1. The van der Waals surface area contributed by atoms with Crippen LogP contribution in [0.4, 0.5) is 0 Å². The molecule has 0 amide bonds. The standard InChI is InChI=1S/C14H16N2O2/c1-2-18-13(17)9-8-12-10-15-16-14(12)11-6-4-3-5-7-11/h3-7,10H,2,8-9H2,1H3,(H,15,16). The first kappa shape index (κ1) is 12.4. The Morgan fingerprint density at radius 1 is 1.33 bits per heavy atom. The number of aryl methyl sites for hydroxylation is 1. The Morgan fingerprint density at radius 3 is 2.83 bits per heavy atom. The van der Waals surface area contributed by atoms with Crippen LogP contribution in [0, 0.1) is 0 Å². The van der Waals surface area contributed by atoms with Crippen molar-refractivity contribution in [2.45, 2.75) is 19.8 Å². The Balaban J connectivity index is 2.07. The van der Waals surface area contributed by atoms with Gasteiger partial charge in [0.2, 0.25) is 0 Å². The molecule has 0 aliphatic rings. The summed E-state index contributed by atoms with van der Waals surface area (Å²) in [6.45, 7) is 2.24. The average Bonchev–Trinajstić information content (AvgIpc) is 2.86. The minimum absolute atomic E-state index is 0.169. The summed E-state index contributed by atoms with van der Waals surface area (Å²) in [6, 6.07) is 9.96. The highest BCUT2D eigenvalue weighted by Crippen LogP contribution is 2.21. The Morgan fingerprint density at radius 2 is 2.11 bits per heavy atom. The van der Waals surface area contributed by atoms with Crippen molar-refractivity contribution in [3.8, 4) is 11.3 Å². The van der Waals surface area contributed by atoms with E-state index in [0.29, 0.717) is 19.4 Å². The molecule has 1 heterocycles. The predicted molar refractivity (Wildman–Crippen MR) is 69.0 cm³/mol. The summed E-state index contributed by atoms with van der Waals surface area (Å²) in [6.07, 6.45) is 2.79. The van der Waals surface area contributed by atoms with E-state index in [1.54, 1.807) is 6.20 Å². The van der Waals surface area contributed by atoms with E-state index in [1.165, 1.54) is 0 Å². The highest BCUT2D eigenvalue weighted by Gasteiger charge is 2.09. The second kappa shape index (κ2) is 6.00. The molecule has 2 rings (SSSR count). The van der Waals surface area contributed by atoms with Gasteiger partial charge in [-0.05, 0) is 24.5 Å². The van der Waals surface area contributed by atoms with E-state index < -0.39 is 0 Å². The van der Waals surface area contributed by atoms with Crippen molar-refractivity contribution in [3.63, 3.8) is 0 Å². The smallest absolute Gasteiger partial charge is 0.306 e. The molecule has 1 aromatic heterocycles. The number of esters is 1. The lowest BCUT2D eigenvalue weighted by molar-refractivity contribution is -0.143. The SMILES string of the molecule is CCOC(=O)CCc1cn[nH]c1-c1ccccc1. The molecule has 0 radical (unpaired) electrons. The van der Waals surface area contributed by atoms with E-state index in [-0.39, 0.29) is 5.97 Å². The van der Waals surface area contributed by atoms with Gasteiger partial charge in [-0.2, -0.15) is 5.10 Å². The van der Waals surface area contributed by atoms with Crippen molar-refractivity contribution >= 4 is 5.97 Å². The zero-order valence-corrected chi connectivity index (χ0v) is 10.3. The average molecular weight is 244 g/mol. The van der Waals surface area contributed by atoms with Gasteiger partial charge < -0.3 is 4.74 Å². The van der Waals surface area contributed by atoms with Crippen LogP contribution in [0.3, 0.4) is 0 Å². The zero-order chi connectivity index (χ0) is 12.8. The van der Waals surface area contributed by atoms with Gasteiger partial charge in [-0.25, -0.2) is 0 Å². The van der Waals surface area contributed by atoms with Gasteiger partial charge in [0, 0.05) is 6.42 Å². The predicted octanol–water partition coefficient (Wildman–Crippen LogP) is 2.57. The van der Waals surface area contributed by atoms with Crippen molar-refractivity contribution in [1.29, 1.82) is 0 Å². The van der Waals surface area contributed by atoms with E-state index in [0.717, 1.165) is 16.8 Å². The highest BCUT2D eigenvalue weighted by molar-refractivity contribution is 5.70. The zero-order valence-electron chi connectivity index (χ0n) is 10.3. The van der Waals surface area contributed by atoms with Crippen molar-refractivity contribution in [2.75, 3.05) is 6.61 Å². The molecular formula is C14H16N2O2. The summed E-state index contributed by atoms with van der Waals surface area (Å²) < 4.78 is 4.92. The molecule has 0 bridgehead atoms. The maximum atomic E-state index is 11.3. The monoisotopic (exact) mass is 244 g/mol. The molecular weight excluding hydrogens is 228 g/mol. The molecule has 0 saturated heterocycles. The molecule has 18 heavy (non-hydrogen) atoms. The quantitative estimate of drug-likeness (QED) is 0.822. The highest BCUT2D eigenvalue weighted by atomic mass is 16.5. The Hall–Kier alpha value is -2.10. The number of aromatic nitrogens is 2. The number of carbonyl (C=O) groups excluding carboxylic acids is 1. The Bertz CT molecular complexity index is 506. The van der Waals surface area contributed by atoms with Gasteiger partial charge in [-0.1, -0.05) is 30.3 Å². The number of hydrogen-bond acceptors (Lipinski definition) is 3. The summed E-state index contributed by atoms with van der Waals surface area (Å²) in [5.41, 5.74) is 3.09. The molecule has 94 valence electrons. The summed E-state index contributed by atoms with van der Waals surface area (Å²) in [4.78, 5) is 11.3. The lowest BCUT2D eigenvalue weighted by Crippen LogP contribution is -2.05. The number of hydrogen-bond donors (Lipinski definition) is 1. The third-order valence-electron chi connectivity index (χ3n) is 2.68. The van der Waals surface area contributed by atoms with E-state index in [9.17, 15) is 4.79 Å². The normalized spacial score (nSPS) is 10.3. The van der Waals surface area contributed by atoms with Gasteiger partial charge in [0.05, 0.1) is 18.5 Å². The fourth-order valence-corrected chi connectivity index (χ4v) is 1.83. The van der Waals surface area contributed by atoms with E-state index in [2.05, 4.69) is 10.2 Å². The fourth-order valence-electron chi connectivity index (χ4n) is 1.83. The summed E-state index contributed by atoms with van der Waals surface area (Å²) in [5, 5.41) is 7.02. The van der Waals surface area contributed by atoms with Crippen LogP contribution in [0.15, 0.2) is 36.5 Å². The summed E-state index contributed by atoms with van der Waals surface area (Å²) >= 11 is 0. The van der Waals surface area contributed by atoms with Crippen LogP contribution in [-0.2, 0) is 16.0 Å². The molecule has 0 aliphatic carbocycles. The number of H-pyrrole nitrogens is 1. The first-order valence-corrected chi connectivity index (χ1v) is 6.04. The van der Waals surface area contributed by atoms with Crippen molar-refractivity contribution in [3.05, 3.63) is 42.1 Å². The maximum Gasteiger partial charge on any atom is 0.306 e. The minimum atomic E-state index is -0.169. The molecule has 1 aromatic carbocycles. The number of nitrogens with one attached hydrogen (secondary N) is 1. The van der Waals surface area contributed by atoms with Gasteiger partial charge in [0.15, 0.2) is 0 Å². The van der Waals surface area contributed by atoms with Crippen LogP contribution in [0.2, 0.25) is 0 Å². The Labute approximate surface area is 106 Å². The molecule has 0 aliphatic heterocycles. The second-order valence-corrected chi connectivity index (χ2v) is 3.94. The third kappa shape index (κ3) is 2.97. The van der Waals surface area contributed by atoms with Gasteiger partial charge in [-0.15, -0.1) is 0 Å².